The summed E-state index contributed by atoms with van der Waals surface area (Å²) in [6, 6.07) is 19.0. The Kier molecular flexibility index (Phi) is 8.21. The van der Waals surface area contributed by atoms with E-state index in [0.29, 0.717) is 23.4 Å². The van der Waals surface area contributed by atoms with Gasteiger partial charge >= 0.3 is 6.03 Å². The predicted molar refractivity (Wildman–Crippen MR) is 161 cm³/mol. The van der Waals surface area contributed by atoms with E-state index in [1.54, 1.807) is 16.9 Å². The Hall–Kier alpha value is -4.44. The van der Waals surface area contributed by atoms with Gasteiger partial charge in [-0.15, -0.1) is 0 Å². The van der Waals surface area contributed by atoms with Crippen LogP contribution in [0.3, 0.4) is 0 Å². The number of ether oxygens (including phenoxy) is 1. The van der Waals surface area contributed by atoms with Crippen LogP contribution >= 0.6 is 0 Å². The van der Waals surface area contributed by atoms with Gasteiger partial charge < -0.3 is 19.9 Å². The van der Waals surface area contributed by atoms with Gasteiger partial charge in [-0.1, -0.05) is 56.7 Å². The van der Waals surface area contributed by atoms with Crippen LogP contribution in [0.25, 0.3) is 5.69 Å². The SMILES string of the molecule is Cc1ccc(-n2nc(C(C)(C)C)cc2NC(=O)NCc2ccccc2Oc2ccnc(N3CCN(C)CC3)n2)cc1. The maximum atomic E-state index is 13.1. The zero-order valence-electron chi connectivity index (χ0n) is 24.4. The third-order valence-corrected chi connectivity index (χ3v) is 7.03. The van der Waals surface area contributed by atoms with Crippen molar-refractivity contribution in [1.29, 1.82) is 0 Å². The number of hydrogen-bond donors (Lipinski definition) is 2. The van der Waals surface area contributed by atoms with Crippen molar-refractivity contribution in [3.63, 3.8) is 0 Å². The molecule has 2 amide bonds. The van der Waals surface area contributed by atoms with E-state index in [4.69, 9.17) is 9.84 Å². The first-order chi connectivity index (χ1) is 19.7. The molecule has 0 radical (unpaired) electrons. The Balaban J connectivity index is 1.27. The molecule has 214 valence electrons. The van der Waals surface area contributed by atoms with Gasteiger partial charge in [0.15, 0.2) is 0 Å². The summed E-state index contributed by atoms with van der Waals surface area (Å²) in [5, 5.41) is 10.7. The van der Waals surface area contributed by atoms with Crippen molar-refractivity contribution in [3.05, 3.63) is 83.7 Å². The summed E-state index contributed by atoms with van der Waals surface area (Å²) in [4.78, 5) is 26.6. The van der Waals surface area contributed by atoms with Gasteiger partial charge in [0.2, 0.25) is 11.8 Å². The summed E-state index contributed by atoms with van der Waals surface area (Å²) >= 11 is 0. The molecule has 0 spiro atoms. The minimum absolute atomic E-state index is 0.176. The van der Waals surface area contributed by atoms with E-state index in [1.807, 2.05) is 61.5 Å². The van der Waals surface area contributed by atoms with E-state index >= 15 is 0 Å². The first-order valence-corrected chi connectivity index (χ1v) is 13.9. The molecule has 41 heavy (non-hydrogen) atoms. The number of carbonyl (C=O) groups excluding carboxylic acids is 1. The summed E-state index contributed by atoms with van der Waals surface area (Å²) in [5.74, 6) is 2.33. The monoisotopic (exact) mass is 554 g/mol. The van der Waals surface area contributed by atoms with E-state index in [1.165, 1.54) is 0 Å². The molecule has 4 aromatic rings. The topological polar surface area (TPSA) is 100 Å². The van der Waals surface area contributed by atoms with Crippen LogP contribution in [0, 0.1) is 6.92 Å². The Bertz CT molecular complexity index is 1480. The van der Waals surface area contributed by atoms with E-state index < -0.39 is 0 Å². The molecule has 2 N–H and O–H groups in total. The van der Waals surface area contributed by atoms with Crippen molar-refractivity contribution in [2.45, 2.75) is 39.7 Å². The molecule has 0 saturated carbocycles. The summed E-state index contributed by atoms with van der Waals surface area (Å²) in [7, 11) is 2.12. The number of urea groups is 1. The van der Waals surface area contributed by atoms with Crippen LogP contribution in [0.2, 0.25) is 0 Å². The molecular formula is C31H38N8O2. The molecule has 2 aromatic heterocycles. The number of likely N-dealkylation sites (N-methyl/N-ethyl adjacent to an activating group) is 1. The van der Waals surface area contributed by atoms with Crippen LogP contribution in [-0.2, 0) is 12.0 Å². The molecule has 0 atom stereocenters. The van der Waals surface area contributed by atoms with Gasteiger partial charge in [0.1, 0.15) is 11.6 Å². The highest BCUT2D eigenvalue weighted by molar-refractivity contribution is 5.88. The standard InChI is InChI=1S/C31H38N8O2/c1-22-10-12-24(13-11-22)39-27(20-26(36-39)31(2,3)4)34-30(40)33-21-23-8-6-7-9-25(23)41-28-14-15-32-29(35-28)38-18-16-37(5)17-19-38/h6-15,20H,16-19,21H2,1-5H3,(H2,33,34,40). The van der Waals surface area contributed by atoms with Gasteiger partial charge in [-0.05, 0) is 32.2 Å². The number of nitrogens with zero attached hydrogens (tertiary/aromatic N) is 6. The molecule has 10 nitrogen and oxygen atoms in total. The smallest absolute Gasteiger partial charge is 0.320 e. The fourth-order valence-corrected chi connectivity index (χ4v) is 4.47. The third-order valence-electron chi connectivity index (χ3n) is 7.03. The van der Waals surface area contributed by atoms with E-state index in [0.717, 1.165) is 48.7 Å². The molecule has 1 aliphatic heterocycles. The zero-order chi connectivity index (χ0) is 29.0. The molecule has 1 aliphatic rings. The van der Waals surface area contributed by atoms with Gasteiger partial charge in [0.05, 0.1) is 11.4 Å². The van der Waals surface area contributed by atoms with Crippen molar-refractivity contribution in [1.82, 2.24) is 30.0 Å². The Morgan fingerprint density at radius 2 is 1.73 bits per heavy atom. The van der Waals surface area contributed by atoms with E-state index in [9.17, 15) is 4.79 Å². The number of carbonyl (C=O) groups is 1. The van der Waals surface area contributed by atoms with Gasteiger partial charge in [0.25, 0.3) is 0 Å². The maximum absolute atomic E-state index is 13.1. The maximum Gasteiger partial charge on any atom is 0.320 e. The van der Waals surface area contributed by atoms with Crippen LogP contribution in [-0.4, -0.2) is 63.9 Å². The van der Waals surface area contributed by atoms with Gasteiger partial charge in [0, 0.05) is 62.0 Å². The van der Waals surface area contributed by atoms with Crippen LogP contribution in [0.15, 0.2) is 66.9 Å². The number of nitrogens with one attached hydrogen (secondary N) is 2. The highest BCUT2D eigenvalue weighted by Crippen LogP contribution is 2.27. The van der Waals surface area contributed by atoms with Crippen molar-refractivity contribution in [2.75, 3.05) is 43.4 Å². The highest BCUT2D eigenvalue weighted by atomic mass is 16.5. The molecule has 3 heterocycles. The van der Waals surface area contributed by atoms with Crippen molar-refractivity contribution in [3.8, 4) is 17.3 Å². The second-order valence-corrected chi connectivity index (χ2v) is 11.4. The van der Waals surface area contributed by atoms with Crippen molar-refractivity contribution in [2.24, 2.45) is 0 Å². The van der Waals surface area contributed by atoms with Crippen LogP contribution in [0.1, 0.15) is 37.6 Å². The number of anilines is 2. The zero-order valence-corrected chi connectivity index (χ0v) is 24.4. The fourth-order valence-electron chi connectivity index (χ4n) is 4.47. The molecule has 0 aliphatic carbocycles. The minimum atomic E-state index is -0.340. The van der Waals surface area contributed by atoms with Crippen LogP contribution in [0.4, 0.5) is 16.6 Å². The summed E-state index contributed by atoms with van der Waals surface area (Å²) in [6.07, 6.45) is 1.72. The first kappa shape index (κ1) is 28.1. The number of piperazine rings is 1. The number of hydrogen-bond acceptors (Lipinski definition) is 7. The Morgan fingerprint density at radius 1 is 1.00 bits per heavy atom. The number of benzene rings is 2. The second kappa shape index (κ2) is 12.0. The third kappa shape index (κ3) is 7.01. The van der Waals surface area contributed by atoms with Gasteiger partial charge in [-0.3, -0.25) is 5.32 Å². The lowest BCUT2D eigenvalue weighted by Gasteiger charge is -2.32. The summed E-state index contributed by atoms with van der Waals surface area (Å²) < 4.78 is 7.93. The number of rotatable bonds is 7. The van der Waals surface area contributed by atoms with E-state index in [2.05, 4.69) is 58.2 Å². The summed E-state index contributed by atoms with van der Waals surface area (Å²) in [6.45, 7) is 12.3. The fraction of sp³-hybridized carbons (Fsp3) is 0.355. The average Bonchev–Trinajstić information content (AvgIpc) is 3.38. The van der Waals surface area contributed by atoms with E-state index in [-0.39, 0.29) is 18.0 Å². The van der Waals surface area contributed by atoms with Crippen LogP contribution in [0.5, 0.6) is 11.6 Å². The number of aryl methyl sites for hydroxylation is 1. The summed E-state index contributed by atoms with van der Waals surface area (Å²) in [5.41, 5.74) is 3.56. The first-order valence-electron chi connectivity index (χ1n) is 13.9. The molecule has 2 aromatic carbocycles. The lowest BCUT2D eigenvalue weighted by atomic mass is 9.92. The number of aromatic nitrogens is 4. The quantitative estimate of drug-likeness (QED) is 0.327. The Morgan fingerprint density at radius 3 is 2.46 bits per heavy atom. The molecule has 1 fully saturated rings. The molecule has 0 unspecified atom stereocenters. The largest absolute Gasteiger partial charge is 0.439 e. The lowest BCUT2D eigenvalue weighted by molar-refractivity contribution is 0.251. The molecule has 0 bridgehead atoms. The number of para-hydroxylation sites is 1. The normalized spacial score (nSPS) is 14.1. The van der Waals surface area contributed by atoms with Gasteiger partial charge in [-0.25, -0.2) is 14.5 Å². The molecular weight excluding hydrogens is 516 g/mol. The van der Waals surface area contributed by atoms with Gasteiger partial charge in [-0.2, -0.15) is 10.1 Å². The average molecular weight is 555 g/mol. The van der Waals surface area contributed by atoms with Crippen LogP contribution < -0.4 is 20.3 Å². The highest BCUT2D eigenvalue weighted by Gasteiger charge is 2.22. The molecule has 10 heteroatoms. The lowest BCUT2D eigenvalue weighted by Crippen LogP contribution is -2.45. The Labute approximate surface area is 241 Å². The predicted octanol–water partition coefficient (Wildman–Crippen LogP) is 5.13. The second-order valence-electron chi connectivity index (χ2n) is 11.4. The minimum Gasteiger partial charge on any atom is -0.439 e. The van der Waals surface area contributed by atoms with Crippen molar-refractivity contribution < 1.29 is 9.53 Å². The van der Waals surface area contributed by atoms with Crippen molar-refractivity contribution >= 4 is 17.8 Å². The molecule has 5 rings (SSSR count). The molecule has 1 saturated heterocycles. The number of amides is 2.